The van der Waals surface area contributed by atoms with E-state index in [1.54, 1.807) is 0 Å². The maximum Gasteiger partial charge on any atom is 0.00978 e. The second-order valence-electron chi connectivity index (χ2n) is 4.27. The van der Waals surface area contributed by atoms with Crippen LogP contribution in [0.25, 0.3) is 0 Å². The Morgan fingerprint density at radius 1 is 1.09 bits per heavy atom. The molecule has 0 unspecified atom stereocenters. The molecule has 2 aliphatic rings. The summed E-state index contributed by atoms with van der Waals surface area (Å²) >= 11 is 0. The minimum atomic E-state index is 0.882. The first-order valence-electron chi connectivity index (χ1n) is 5.11. The predicted molar refractivity (Wildman–Crippen MR) is 47.5 cm³/mol. The summed E-state index contributed by atoms with van der Waals surface area (Å²) in [5.74, 6) is 2.00. The average molecular weight is 153 g/mol. The van der Waals surface area contributed by atoms with Gasteiger partial charge in [0.25, 0.3) is 0 Å². The van der Waals surface area contributed by atoms with E-state index in [4.69, 9.17) is 0 Å². The van der Waals surface area contributed by atoms with Gasteiger partial charge in [-0.25, -0.2) is 0 Å². The van der Waals surface area contributed by atoms with Gasteiger partial charge in [-0.3, -0.25) is 0 Å². The van der Waals surface area contributed by atoms with Crippen molar-refractivity contribution in [2.45, 2.75) is 45.1 Å². The second kappa shape index (κ2) is 3.14. The van der Waals surface area contributed by atoms with Crippen LogP contribution >= 0.6 is 0 Å². The third-order valence-corrected chi connectivity index (χ3v) is 3.56. The molecule has 11 heavy (non-hydrogen) atoms. The number of rotatable bonds is 0. The molecule has 0 amide bonds. The zero-order valence-electron chi connectivity index (χ0n) is 7.47. The maximum atomic E-state index is 3.65. The lowest BCUT2D eigenvalue weighted by Gasteiger charge is -2.40. The van der Waals surface area contributed by atoms with Crippen LogP contribution < -0.4 is 5.32 Å². The molecule has 2 fully saturated rings. The van der Waals surface area contributed by atoms with E-state index >= 15 is 0 Å². The van der Waals surface area contributed by atoms with E-state index < -0.39 is 0 Å². The summed E-state index contributed by atoms with van der Waals surface area (Å²) in [5.41, 5.74) is 0. The van der Waals surface area contributed by atoms with Gasteiger partial charge >= 0.3 is 0 Å². The van der Waals surface area contributed by atoms with E-state index in [1.165, 1.54) is 38.6 Å². The van der Waals surface area contributed by atoms with Gasteiger partial charge in [0, 0.05) is 6.04 Å². The van der Waals surface area contributed by atoms with Gasteiger partial charge in [-0.15, -0.1) is 0 Å². The summed E-state index contributed by atoms with van der Waals surface area (Å²) < 4.78 is 0. The van der Waals surface area contributed by atoms with Crippen molar-refractivity contribution in [3.05, 3.63) is 0 Å². The summed E-state index contributed by atoms with van der Waals surface area (Å²) in [7, 11) is 0. The Morgan fingerprint density at radius 2 is 1.91 bits per heavy atom. The van der Waals surface area contributed by atoms with Gasteiger partial charge in [-0.2, -0.15) is 0 Å². The number of nitrogens with one attached hydrogen (secondary N) is 1. The van der Waals surface area contributed by atoms with E-state index in [0.717, 1.165) is 17.9 Å². The standard InChI is InChI=1S/C10H19N/c1-8-6-7-11-10-5-3-2-4-9(8)10/h8-11H,2-7H2,1H3/t8-,9-,10+/m1/s1. The Morgan fingerprint density at radius 3 is 2.73 bits per heavy atom. The van der Waals surface area contributed by atoms with Crippen molar-refractivity contribution in [3.63, 3.8) is 0 Å². The minimum Gasteiger partial charge on any atom is -0.314 e. The van der Waals surface area contributed by atoms with E-state index in [-0.39, 0.29) is 0 Å². The highest BCUT2D eigenvalue weighted by molar-refractivity contribution is 4.87. The lowest BCUT2D eigenvalue weighted by molar-refractivity contribution is 0.151. The molecule has 64 valence electrons. The Kier molecular flexibility index (Phi) is 2.17. The normalized spacial score (nSPS) is 45.0. The first-order valence-corrected chi connectivity index (χ1v) is 5.11. The molecule has 1 heteroatoms. The molecule has 0 aromatic rings. The first kappa shape index (κ1) is 7.60. The Balaban J connectivity index is 1.99. The van der Waals surface area contributed by atoms with Crippen LogP contribution in [0.1, 0.15) is 39.0 Å². The van der Waals surface area contributed by atoms with E-state index in [1.807, 2.05) is 0 Å². The van der Waals surface area contributed by atoms with Crippen LogP contribution in [0.15, 0.2) is 0 Å². The first-order chi connectivity index (χ1) is 5.38. The summed E-state index contributed by atoms with van der Waals surface area (Å²) in [6.45, 7) is 3.70. The molecular weight excluding hydrogens is 134 g/mol. The fourth-order valence-electron chi connectivity index (χ4n) is 2.80. The van der Waals surface area contributed by atoms with Crippen molar-refractivity contribution in [1.82, 2.24) is 5.32 Å². The van der Waals surface area contributed by atoms with Crippen LogP contribution in [-0.2, 0) is 0 Å². The summed E-state index contributed by atoms with van der Waals surface area (Å²) in [6.07, 6.45) is 7.27. The van der Waals surface area contributed by atoms with Crippen LogP contribution in [0.4, 0.5) is 0 Å². The molecule has 1 saturated heterocycles. The number of hydrogen-bond donors (Lipinski definition) is 1. The van der Waals surface area contributed by atoms with Crippen LogP contribution in [0.2, 0.25) is 0 Å². The molecular formula is C10H19N. The second-order valence-corrected chi connectivity index (χ2v) is 4.27. The predicted octanol–water partition coefficient (Wildman–Crippen LogP) is 2.17. The lowest BCUT2D eigenvalue weighted by Crippen LogP contribution is -2.46. The van der Waals surface area contributed by atoms with Crippen molar-refractivity contribution in [1.29, 1.82) is 0 Å². The van der Waals surface area contributed by atoms with E-state index in [9.17, 15) is 0 Å². The fourth-order valence-corrected chi connectivity index (χ4v) is 2.80. The summed E-state index contributed by atoms with van der Waals surface area (Å²) in [4.78, 5) is 0. The van der Waals surface area contributed by atoms with Gasteiger partial charge in [-0.05, 0) is 37.6 Å². The molecule has 0 spiro atoms. The SMILES string of the molecule is C[C@@H]1CCN[C@H]2CCCC[C@H]12. The molecule has 1 aliphatic carbocycles. The lowest BCUT2D eigenvalue weighted by atomic mass is 9.74. The Hall–Kier alpha value is -0.0400. The third-order valence-electron chi connectivity index (χ3n) is 3.56. The average Bonchev–Trinajstić information content (AvgIpc) is 2.06. The van der Waals surface area contributed by atoms with Crippen molar-refractivity contribution in [3.8, 4) is 0 Å². The van der Waals surface area contributed by atoms with Crippen LogP contribution in [0.5, 0.6) is 0 Å². The molecule has 1 N–H and O–H groups in total. The van der Waals surface area contributed by atoms with Gasteiger partial charge in [-0.1, -0.05) is 19.8 Å². The number of fused-ring (bicyclic) bond motifs is 1. The molecule has 0 aromatic heterocycles. The summed E-state index contributed by atoms with van der Waals surface area (Å²) in [5, 5.41) is 3.65. The van der Waals surface area contributed by atoms with Crippen LogP contribution in [-0.4, -0.2) is 12.6 Å². The fraction of sp³-hybridized carbons (Fsp3) is 1.00. The van der Waals surface area contributed by atoms with E-state index in [0.29, 0.717) is 0 Å². The van der Waals surface area contributed by atoms with Crippen LogP contribution in [0, 0.1) is 11.8 Å². The van der Waals surface area contributed by atoms with Crippen LogP contribution in [0.3, 0.4) is 0 Å². The zero-order valence-corrected chi connectivity index (χ0v) is 7.47. The molecule has 1 aliphatic heterocycles. The highest BCUT2D eigenvalue weighted by atomic mass is 14.9. The Bertz CT molecular complexity index is 131. The van der Waals surface area contributed by atoms with Gasteiger partial charge in [0.15, 0.2) is 0 Å². The monoisotopic (exact) mass is 153 g/mol. The largest absolute Gasteiger partial charge is 0.314 e. The minimum absolute atomic E-state index is 0.882. The zero-order chi connectivity index (χ0) is 7.68. The van der Waals surface area contributed by atoms with Gasteiger partial charge in [0.1, 0.15) is 0 Å². The molecule has 3 atom stereocenters. The Labute approximate surface area is 69.6 Å². The highest BCUT2D eigenvalue weighted by Crippen LogP contribution is 2.34. The molecule has 0 radical (unpaired) electrons. The van der Waals surface area contributed by atoms with Crippen molar-refractivity contribution < 1.29 is 0 Å². The van der Waals surface area contributed by atoms with E-state index in [2.05, 4.69) is 12.2 Å². The molecule has 1 saturated carbocycles. The summed E-state index contributed by atoms with van der Waals surface area (Å²) in [6, 6.07) is 0.882. The quantitative estimate of drug-likeness (QED) is 0.562. The number of piperidine rings is 1. The van der Waals surface area contributed by atoms with Crippen molar-refractivity contribution in [2.24, 2.45) is 11.8 Å². The molecule has 1 heterocycles. The van der Waals surface area contributed by atoms with Crippen molar-refractivity contribution >= 4 is 0 Å². The van der Waals surface area contributed by atoms with Gasteiger partial charge in [0.2, 0.25) is 0 Å². The van der Waals surface area contributed by atoms with Gasteiger partial charge < -0.3 is 5.32 Å². The van der Waals surface area contributed by atoms with Gasteiger partial charge in [0.05, 0.1) is 0 Å². The number of hydrogen-bond acceptors (Lipinski definition) is 1. The third kappa shape index (κ3) is 1.44. The molecule has 2 rings (SSSR count). The smallest absolute Gasteiger partial charge is 0.00978 e. The topological polar surface area (TPSA) is 12.0 Å². The molecule has 0 aromatic carbocycles. The highest BCUT2D eigenvalue weighted by Gasteiger charge is 2.31. The molecule has 1 nitrogen and oxygen atoms in total. The van der Waals surface area contributed by atoms with Crippen molar-refractivity contribution in [2.75, 3.05) is 6.54 Å². The molecule has 0 bridgehead atoms. The maximum absolute atomic E-state index is 3.65.